The summed E-state index contributed by atoms with van der Waals surface area (Å²) in [7, 11) is -0.308. The second-order valence-corrected chi connectivity index (χ2v) is 7.75. The van der Waals surface area contributed by atoms with Crippen LogP contribution in [0.5, 0.6) is 0 Å². The maximum absolute atomic E-state index is 6.15. The summed E-state index contributed by atoms with van der Waals surface area (Å²) in [5, 5.41) is 0. The van der Waals surface area contributed by atoms with Crippen LogP contribution in [0.3, 0.4) is 0 Å². The first kappa shape index (κ1) is 15.4. The molecule has 3 aliphatic rings. The summed E-state index contributed by atoms with van der Waals surface area (Å²) in [6, 6.07) is 0. The monoisotopic (exact) mass is 317 g/mol. The fourth-order valence-corrected chi connectivity index (χ4v) is 2.94. The van der Waals surface area contributed by atoms with E-state index >= 15 is 0 Å². The predicted octanol–water partition coefficient (Wildman–Crippen LogP) is 3.57. The number of hydrogen-bond donors (Lipinski definition) is 0. The van der Waals surface area contributed by atoms with Crippen molar-refractivity contribution in [3.63, 3.8) is 0 Å². The lowest BCUT2D eigenvalue weighted by Gasteiger charge is -2.32. The minimum absolute atomic E-state index is 0.197. The highest BCUT2D eigenvalue weighted by atomic mass is 16.7. The normalized spacial score (nSPS) is 29.7. The number of aromatic nitrogens is 1. The summed E-state index contributed by atoms with van der Waals surface area (Å²) in [5.74, 6) is 2.14. The van der Waals surface area contributed by atoms with Crippen LogP contribution in [0, 0.1) is 0 Å². The maximum Gasteiger partial charge on any atom is 0.490 e. The molecule has 0 N–H and O–H groups in total. The summed E-state index contributed by atoms with van der Waals surface area (Å²) in [6.45, 7) is 8.93. The van der Waals surface area contributed by atoms with Crippen LogP contribution in [0.1, 0.15) is 70.6 Å². The zero-order chi connectivity index (χ0) is 16.2. The van der Waals surface area contributed by atoms with Gasteiger partial charge in [-0.15, -0.1) is 0 Å². The second-order valence-electron chi connectivity index (χ2n) is 7.75. The molecular weight excluding hydrogens is 293 g/mol. The van der Waals surface area contributed by atoms with E-state index in [1.807, 2.05) is 0 Å². The number of hydrogen-bond acceptors (Lipinski definition) is 5. The van der Waals surface area contributed by atoms with E-state index < -0.39 is 0 Å². The minimum Gasteiger partial charge on any atom is -0.442 e. The van der Waals surface area contributed by atoms with Crippen LogP contribution in [0.4, 0.5) is 0 Å². The van der Waals surface area contributed by atoms with Gasteiger partial charge in [-0.05, 0) is 52.4 Å². The minimum atomic E-state index is -0.322. The molecule has 5 nitrogen and oxygen atoms in total. The zero-order valence-electron chi connectivity index (χ0n) is 14.3. The zero-order valence-corrected chi connectivity index (χ0v) is 14.3. The van der Waals surface area contributed by atoms with Gasteiger partial charge in [-0.2, -0.15) is 0 Å². The van der Waals surface area contributed by atoms with Crippen molar-refractivity contribution >= 4 is 7.12 Å². The number of ether oxygens (including phenoxy) is 1. The summed E-state index contributed by atoms with van der Waals surface area (Å²) in [6.07, 6.45) is 6.85. The molecule has 2 fully saturated rings. The third-order valence-corrected chi connectivity index (χ3v) is 5.36. The molecular formula is C17H24BNO4. The Morgan fingerprint density at radius 1 is 1.13 bits per heavy atom. The molecule has 1 saturated heterocycles. The van der Waals surface area contributed by atoms with Gasteiger partial charge in [-0.3, -0.25) is 0 Å². The van der Waals surface area contributed by atoms with Gasteiger partial charge >= 0.3 is 7.12 Å². The molecule has 4 rings (SSSR count). The molecule has 23 heavy (non-hydrogen) atoms. The average Bonchev–Trinajstić information content (AvgIpc) is 3.18. The van der Waals surface area contributed by atoms with Crippen molar-refractivity contribution in [2.45, 2.75) is 70.2 Å². The molecule has 2 aliphatic heterocycles. The molecule has 0 bridgehead atoms. The first-order chi connectivity index (χ1) is 10.9. The lowest BCUT2D eigenvalue weighted by Crippen LogP contribution is -2.41. The quantitative estimate of drug-likeness (QED) is 0.798. The second kappa shape index (κ2) is 5.20. The summed E-state index contributed by atoms with van der Waals surface area (Å²) in [5.41, 5.74) is 0.485. The Hall–Kier alpha value is -1.11. The first-order valence-electron chi connectivity index (χ1n) is 8.49. The largest absolute Gasteiger partial charge is 0.490 e. The number of nitrogens with zero attached hydrogens (tertiary/aromatic N) is 1. The SMILES string of the molecule is CC1(C)OB(C2=CC(c3cnc(C4CC4)o3)OCC2)OC1(C)C. The van der Waals surface area contributed by atoms with Crippen LogP contribution in [0.25, 0.3) is 0 Å². The van der Waals surface area contributed by atoms with Gasteiger partial charge < -0.3 is 18.5 Å². The van der Waals surface area contributed by atoms with Crippen molar-refractivity contribution in [1.29, 1.82) is 0 Å². The summed E-state index contributed by atoms with van der Waals surface area (Å²) >= 11 is 0. The highest BCUT2D eigenvalue weighted by Gasteiger charge is 2.52. The van der Waals surface area contributed by atoms with Gasteiger partial charge in [0.1, 0.15) is 6.10 Å². The molecule has 0 radical (unpaired) electrons. The third kappa shape index (κ3) is 2.77. The fraction of sp³-hybridized carbons (Fsp3) is 0.706. The van der Waals surface area contributed by atoms with E-state index in [0.29, 0.717) is 12.5 Å². The van der Waals surface area contributed by atoms with Crippen molar-refractivity contribution in [1.82, 2.24) is 4.98 Å². The Balaban J connectivity index is 1.53. The van der Waals surface area contributed by atoms with E-state index in [0.717, 1.165) is 23.5 Å². The lowest BCUT2D eigenvalue weighted by molar-refractivity contribution is 0.00578. The van der Waals surface area contributed by atoms with Crippen LogP contribution in [0.15, 0.2) is 22.2 Å². The Bertz CT molecular complexity index is 616. The molecule has 6 heteroatoms. The van der Waals surface area contributed by atoms with E-state index in [1.54, 1.807) is 6.20 Å². The van der Waals surface area contributed by atoms with Crippen LogP contribution in [-0.2, 0) is 14.0 Å². The van der Waals surface area contributed by atoms with E-state index in [-0.39, 0.29) is 24.4 Å². The molecule has 1 aliphatic carbocycles. The Kier molecular flexibility index (Phi) is 3.48. The smallest absolute Gasteiger partial charge is 0.442 e. The lowest BCUT2D eigenvalue weighted by atomic mass is 9.74. The van der Waals surface area contributed by atoms with Gasteiger partial charge in [0.2, 0.25) is 0 Å². The van der Waals surface area contributed by atoms with Gasteiger partial charge in [-0.25, -0.2) is 4.98 Å². The predicted molar refractivity (Wildman–Crippen MR) is 86.0 cm³/mol. The molecule has 0 spiro atoms. The van der Waals surface area contributed by atoms with Crippen LogP contribution < -0.4 is 0 Å². The molecule has 1 atom stereocenters. The molecule has 1 saturated carbocycles. The number of rotatable bonds is 3. The van der Waals surface area contributed by atoms with Gasteiger partial charge in [0, 0.05) is 5.92 Å². The van der Waals surface area contributed by atoms with E-state index in [1.165, 1.54) is 12.8 Å². The molecule has 3 heterocycles. The average molecular weight is 317 g/mol. The molecule has 1 aromatic rings. The summed E-state index contributed by atoms with van der Waals surface area (Å²) < 4.78 is 24.0. The standard InChI is InChI=1S/C17H24BNO4/c1-16(2)17(3,4)23-18(22-16)12-7-8-20-13(9-12)14-10-19-15(21-14)11-5-6-11/h9-11,13H,5-8H2,1-4H3. The molecule has 124 valence electrons. The van der Waals surface area contributed by atoms with E-state index in [4.69, 9.17) is 18.5 Å². The van der Waals surface area contributed by atoms with Crippen LogP contribution in [-0.4, -0.2) is 29.9 Å². The van der Waals surface area contributed by atoms with Gasteiger partial charge in [0.05, 0.1) is 24.0 Å². The molecule has 0 aromatic carbocycles. The molecule has 1 unspecified atom stereocenters. The first-order valence-corrected chi connectivity index (χ1v) is 8.49. The van der Waals surface area contributed by atoms with Crippen molar-refractivity contribution in [3.05, 3.63) is 29.4 Å². The van der Waals surface area contributed by atoms with Crippen molar-refractivity contribution in [2.24, 2.45) is 0 Å². The fourth-order valence-electron chi connectivity index (χ4n) is 2.94. The molecule has 1 aromatic heterocycles. The highest BCUT2D eigenvalue weighted by Crippen LogP contribution is 2.42. The topological polar surface area (TPSA) is 53.7 Å². The van der Waals surface area contributed by atoms with E-state index in [2.05, 4.69) is 38.8 Å². The number of oxazole rings is 1. The third-order valence-electron chi connectivity index (χ3n) is 5.36. The Labute approximate surface area is 137 Å². The maximum atomic E-state index is 6.15. The highest BCUT2D eigenvalue weighted by molar-refractivity contribution is 6.54. The van der Waals surface area contributed by atoms with Gasteiger partial charge in [0.15, 0.2) is 11.7 Å². The van der Waals surface area contributed by atoms with E-state index in [9.17, 15) is 0 Å². The summed E-state index contributed by atoms with van der Waals surface area (Å²) in [4.78, 5) is 4.38. The Morgan fingerprint density at radius 2 is 1.83 bits per heavy atom. The Morgan fingerprint density at radius 3 is 2.48 bits per heavy atom. The van der Waals surface area contributed by atoms with Gasteiger partial charge in [0.25, 0.3) is 0 Å². The van der Waals surface area contributed by atoms with Gasteiger partial charge in [-0.1, -0.05) is 6.08 Å². The van der Waals surface area contributed by atoms with Crippen molar-refractivity contribution < 1.29 is 18.5 Å². The van der Waals surface area contributed by atoms with Crippen molar-refractivity contribution in [2.75, 3.05) is 6.61 Å². The van der Waals surface area contributed by atoms with Crippen LogP contribution in [0.2, 0.25) is 0 Å². The van der Waals surface area contributed by atoms with Crippen LogP contribution >= 0.6 is 0 Å². The molecule has 0 amide bonds. The van der Waals surface area contributed by atoms with Crippen molar-refractivity contribution in [3.8, 4) is 0 Å².